The zero-order chi connectivity index (χ0) is 12.0. The third-order valence-corrected chi connectivity index (χ3v) is 2.56. The highest BCUT2D eigenvalue weighted by atomic mass is 16.5. The minimum atomic E-state index is 0.283. The Hall–Kier alpha value is -0.870. The monoisotopic (exact) mass is 225 g/mol. The van der Waals surface area contributed by atoms with Crippen molar-refractivity contribution >= 4 is 0 Å². The molecule has 1 unspecified atom stereocenters. The molecule has 1 heterocycles. The fourth-order valence-electron chi connectivity index (χ4n) is 1.87. The van der Waals surface area contributed by atoms with E-state index in [4.69, 9.17) is 4.74 Å². The molecular formula is C12H23N3O. The van der Waals surface area contributed by atoms with Gasteiger partial charge in [0.2, 0.25) is 0 Å². The first-order chi connectivity index (χ1) is 7.69. The first kappa shape index (κ1) is 13.2. The van der Waals surface area contributed by atoms with Crippen LogP contribution in [0.25, 0.3) is 0 Å². The summed E-state index contributed by atoms with van der Waals surface area (Å²) < 4.78 is 7.31. The minimum Gasteiger partial charge on any atom is -0.382 e. The van der Waals surface area contributed by atoms with Crippen molar-refractivity contribution in [2.45, 2.75) is 33.2 Å². The first-order valence-corrected chi connectivity index (χ1v) is 5.91. The molecule has 0 aliphatic carbocycles. The third kappa shape index (κ3) is 3.61. The van der Waals surface area contributed by atoms with Crippen LogP contribution in [0.2, 0.25) is 0 Å². The van der Waals surface area contributed by atoms with Gasteiger partial charge in [0.05, 0.1) is 18.3 Å². The Morgan fingerprint density at radius 1 is 1.50 bits per heavy atom. The number of ether oxygens (including phenoxy) is 1. The molecule has 0 aliphatic rings. The molecule has 92 valence electrons. The van der Waals surface area contributed by atoms with Gasteiger partial charge in [-0.25, -0.2) is 0 Å². The van der Waals surface area contributed by atoms with E-state index >= 15 is 0 Å². The SMILES string of the molecule is CCCNCC(COC)n1nc(C)cc1C. The van der Waals surface area contributed by atoms with E-state index < -0.39 is 0 Å². The van der Waals surface area contributed by atoms with Crippen LogP contribution in [0.3, 0.4) is 0 Å². The Labute approximate surface area is 98.0 Å². The van der Waals surface area contributed by atoms with Gasteiger partial charge in [0, 0.05) is 19.3 Å². The predicted molar refractivity (Wildman–Crippen MR) is 65.8 cm³/mol. The lowest BCUT2D eigenvalue weighted by Crippen LogP contribution is -2.30. The van der Waals surface area contributed by atoms with Gasteiger partial charge in [0.15, 0.2) is 0 Å². The van der Waals surface area contributed by atoms with Crippen LogP contribution in [-0.4, -0.2) is 36.6 Å². The van der Waals surface area contributed by atoms with Crippen molar-refractivity contribution in [3.05, 3.63) is 17.5 Å². The van der Waals surface area contributed by atoms with Crippen molar-refractivity contribution in [2.24, 2.45) is 0 Å². The lowest BCUT2D eigenvalue weighted by Gasteiger charge is -2.19. The lowest BCUT2D eigenvalue weighted by molar-refractivity contribution is 0.147. The largest absolute Gasteiger partial charge is 0.382 e. The maximum Gasteiger partial charge on any atom is 0.0879 e. The Kier molecular flexibility index (Phi) is 5.49. The van der Waals surface area contributed by atoms with Crippen molar-refractivity contribution in [1.82, 2.24) is 15.1 Å². The molecule has 0 aromatic carbocycles. The van der Waals surface area contributed by atoms with E-state index in [1.165, 1.54) is 5.69 Å². The molecule has 16 heavy (non-hydrogen) atoms. The average molecular weight is 225 g/mol. The summed E-state index contributed by atoms with van der Waals surface area (Å²) in [6.45, 7) is 8.92. The summed E-state index contributed by atoms with van der Waals surface area (Å²) in [7, 11) is 1.73. The number of aromatic nitrogens is 2. The predicted octanol–water partition coefficient (Wildman–Crippen LogP) is 1.69. The smallest absolute Gasteiger partial charge is 0.0879 e. The summed E-state index contributed by atoms with van der Waals surface area (Å²) in [5.41, 5.74) is 2.26. The standard InChI is InChI=1S/C12H23N3O/c1-5-6-13-8-12(9-16-4)15-11(3)7-10(2)14-15/h7,12-13H,5-6,8-9H2,1-4H3. The number of hydrogen-bond acceptors (Lipinski definition) is 3. The zero-order valence-corrected chi connectivity index (χ0v) is 10.8. The molecule has 1 aromatic rings. The van der Waals surface area contributed by atoms with Crippen LogP contribution in [0.4, 0.5) is 0 Å². The molecule has 0 bridgehead atoms. The normalized spacial score (nSPS) is 13.0. The second kappa shape index (κ2) is 6.66. The fraction of sp³-hybridized carbons (Fsp3) is 0.750. The van der Waals surface area contributed by atoms with Gasteiger partial charge < -0.3 is 10.1 Å². The maximum absolute atomic E-state index is 5.25. The van der Waals surface area contributed by atoms with E-state index in [0.29, 0.717) is 6.61 Å². The van der Waals surface area contributed by atoms with E-state index in [2.05, 4.69) is 35.0 Å². The quantitative estimate of drug-likeness (QED) is 0.718. The van der Waals surface area contributed by atoms with Gasteiger partial charge in [0.1, 0.15) is 0 Å². The van der Waals surface area contributed by atoms with E-state index in [0.717, 1.165) is 25.2 Å². The van der Waals surface area contributed by atoms with E-state index in [1.54, 1.807) is 7.11 Å². The number of rotatable bonds is 7. The number of nitrogens with one attached hydrogen (secondary N) is 1. The zero-order valence-electron chi connectivity index (χ0n) is 10.8. The third-order valence-electron chi connectivity index (χ3n) is 2.56. The molecule has 1 atom stereocenters. The first-order valence-electron chi connectivity index (χ1n) is 5.91. The molecular weight excluding hydrogens is 202 g/mol. The van der Waals surface area contributed by atoms with Gasteiger partial charge in [-0.1, -0.05) is 6.92 Å². The van der Waals surface area contributed by atoms with Crippen LogP contribution in [0.5, 0.6) is 0 Å². The molecule has 0 radical (unpaired) electrons. The summed E-state index contributed by atoms with van der Waals surface area (Å²) in [6, 6.07) is 2.38. The van der Waals surface area contributed by atoms with Crippen LogP contribution in [-0.2, 0) is 4.74 Å². The number of aryl methyl sites for hydroxylation is 2. The maximum atomic E-state index is 5.25. The second-order valence-electron chi connectivity index (χ2n) is 4.18. The van der Waals surface area contributed by atoms with Gasteiger partial charge in [-0.2, -0.15) is 5.10 Å². The molecule has 0 saturated carbocycles. The van der Waals surface area contributed by atoms with Crippen LogP contribution >= 0.6 is 0 Å². The topological polar surface area (TPSA) is 39.1 Å². The van der Waals surface area contributed by atoms with Gasteiger partial charge in [0.25, 0.3) is 0 Å². The molecule has 0 saturated heterocycles. The Balaban J connectivity index is 2.64. The molecule has 1 rings (SSSR count). The number of hydrogen-bond donors (Lipinski definition) is 1. The molecule has 4 nitrogen and oxygen atoms in total. The van der Waals surface area contributed by atoms with Crippen LogP contribution in [0, 0.1) is 13.8 Å². The summed E-state index contributed by atoms with van der Waals surface area (Å²) >= 11 is 0. The highest BCUT2D eigenvalue weighted by Gasteiger charge is 2.13. The van der Waals surface area contributed by atoms with Gasteiger partial charge in [-0.3, -0.25) is 4.68 Å². The van der Waals surface area contributed by atoms with Gasteiger partial charge >= 0.3 is 0 Å². The van der Waals surface area contributed by atoms with Crippen molar-refractivity contribution in [3.8, 4) is 0 Å². The molecule has 1 N–H and O–H groups in total. The molecule has 0 amide bonds. The van der Waals surface area contributed by atoms with Crippen molar-refractivity contribution in [2.75, 3.05) is 26.8 Å². The Morgan fingerprint density at radius 2 is 2.25 bits per heavy atom. The van der Waals surface area contributed by atoms with Crippen LogP contribution in [0.1, 0.15) is 30.8 Å². The summed E-state index contributed by atoms with van der Waals surface area (Å²) in [4.78, 5) is 0. The van der Waals surface area contributed by atoms with Crippen LogP contribution < -0.4 is 5.32 Å². The lowest BCUT2D eigenvalue weighted by atomic mass is 10.3. The Morgan fingerprint density at radius 3 is 2.75 bits per heavy atom. The Bertz CT molecular complexity index is 309. The highest BCUT2D eigenvalue weighted by Crippen LogP contribution is 2.10. The summed E-state index contributed by atoms with van der Waals surface area (Å²) in [6.07, 6.45) is 1.15. The summed E-state index contributed by atoms with van der Waals surface area (Å²) in [5, 5.41) is 7.92. The van der Waals surface area contributed by atoms with Crippen molar-refractivity contribution < 1.29 is 4.74 Å². The van der Waals surface area contributed by atoms with E-state index in [1.807, 2.05) is 6.92 Å². The minimum absolute atomic E-state index is 0.283. The molecule has 0 aliphatic heterocycles. The molecule has 0 spiro atoms. The number of nitrogens with zero attached hydrogens (tertiary/aromatic N) is 2. The second-order valence-corrected chi connectivity index (χ2v) is 4.18. The van der Waals surface area contributed by atoms with E-state index in [-0.39, 0.29) is 6.04 Å². The molecule has 0 fully saturated rings. The highest BCUT2D eigenvalue weighted by molar-refractivity contribution is 5.07. The fourth-order valence-corrected chi connectivity index (χ4v) is 1.87. The molecule has 4 heteroatoms. The summed E-state index contributed by atoms with van der Waals surface area (Å²) in [5.74, 6) is 0. The van der Waals surface area contributed by atoms with Gasteiger partial charge in [-0.05, 0) is 32.9 Å². The van der Waals surface area contributed by atoms with Crippen LogP contribution in [0.15, 0.2) is 6.07 Å². The number of methoxy groups -OCH3 is 1. The molecule has 1 aromatic heterocycles. The van der Waals surface area contributed by atoms with Gasteiger partial charge in [-0.15, -0.1) is 0 Å². The average Bonchev–Trinajstić information content (AvgIpc) is 2.57. The van der Waals surface area contributed by atoms with Crippen molar-refractivity contribution in [3.63, 3.8) is 0 Å². The van der Waals surface area contributed by atoms with E-state index in [9.17, 15) is 0 Å². The van der Waals surface area contributed by atoms with Crippen molar-refractivity contribution in [1.29, 1.82) is 0 Å².